The topological polar surface area (TPSA) is 52.7 Å². The molecule has 1 heterocycles. The molecular weight excluding hydrogens is 523 g/mol. The maximum Gasteiger partial charge on any atom is 0.416 e. The van der Waals surface area contributed by atoms with Crippen LogP contribution in [0.1, 0.15) is 56.2 Å². The first-order chi connectivity index (χ1) is 18.6. The van der Waals surface area contributed by atoms with E-state index in [0.29, 0.717) is 29.6 Å². The minimum Gasteiger partial charge on any atom is -0.353 e. The summed E-state index contributed by atoms with van der Waals surface area (Å²) in [6.07, 6.45) is 1.09. The third kappa shape index (κ3) is 7.88. The summed E-state index contributed by atoms with van der Waals surface area (Å²) in [6.45, 7) is 6.19. The molecule has 5 nitrogen and oxygen atoms in total. The standard InChI is InChI=1S/C30H36F3N3O2S/c1-21(2)35(19-23-8-4-3-5-9-23)17-16-34-28(37)20-36-25-10-6-7-11-26(25)39-27(29(36)38)18-22-12-14-24(15-13-22)30(31,32)33/h3-5,8-9,12-15,18,21,25-26H,6-7,10-11,16-17,19-20H2,1-2H3,(H,34,37)/b27-18-. The molecule has 0 spiro atoms. The minimum atomic E-state index is -4.41. The van der Waals surface area contributed by atoms with E-state index in [2.05, 4.69) is 36.2 Å². The van der Waals surface area contributed by atoms with Crippen LogP contribution in [-0.4, -0.2) is 58.6 Å². The van der Waals surface area contributed by atoms with Crippen LogP contribution in [0, 0.1) is 0 Å². The van der Waals surface area contributed by atoms with E-state index in [1.165, 1.54) is 29.5 Å². The number of benzene rings is 2. The van der Waals surface area contributed by atoms with Gasteiger partial charge in [0.2, 0.25) is 5.91 Å². The van der Waals surface area contributed by atoms with Crippen LogP contribution in [0.15, 0.2) is 59.5 Å². The highest BCUT2D eigenvalue weighted by Gasteiger charge is 2.41. The van der Waals surface area contributed by atoms with E-state index >= 15 is 0 Å². The molecule has 2 aliphatic rings. The number of nitrogens with zero attached hydrogens (tertiary/aromatic N) is 2. The first kappa shape index (κ1) is 29.2. The highest BCUT2D eigenvalue weighted by atomic mass is 32.2. The number of carbonyl (C=O) groups excluding carboxylic acids is 2. The van der Waals surface area contributed by atoms with E-state index < -0.39 is 11.7 Å². The molecular formula is C30H36F3N3O2S. The third-order valence-electron chi connectivity index (χ3n) is 7.35. The molecule has 0 bridgehead atoms. The molecule has 1 aliphatic carbocycles. The Morgan fingerprint density at radius 2 is 1.79 bits per heavy atom. The second-order valence-corrected chi connectivity index (χ2v) is 11.8. The van der Waals surface area contributed by atoms with Crippen molar-refractivity contribution < 1.29 is 22.8 Å². The Labute approximate surface area is 232 Å². The van der Waals surface area contributed by atoms with E-state index in [1.54, 1.807) is 11.0 Å². The lowest BCUT2D eigenvalue weighted by Crippen LogP contribution is -2.54. The number of carbonyl (C=O) groups is 2. The van der Waals surface area contributed by atoms with Crippen molar-refractivity contribution in [1.29, 1.82) is 0 Å². The van der Waals surface area contributed by atoms with Crippen molar-refractivity contribution in [2.24, 2.45) is 0 Å². The highest BCUT2D eigenvalue weighted by molar-refractivity contribution is 8.04. The number of halogens is 3. The zero-order valence-electron chi connectivity index (χ0n) is 22.4. The van der Waals surface area contributed by atoms with Crippen molar-refractivity contribution >= 4 is 29.7 Å². The predicted octanol–water partition coefficient (Wildman–Crippen LogP) is 5.96. The summed E-state index contributed by atoms with van der Waals surface area (Å²) in [6, 6.07) is 15.3. The summed E-state index contributed by atoms with van der Waals surface area (Å²) in [5.41, 5.74) is 1.02. The summed E-state index contributed by atoms with van der Waals surface area (Å²) in [5.74, 6) is -0.428. The molecule has 2 aromatic rings. The summed E-state index contributed by atoms with van der Waals surface area (Å²) in [7, 11) is 0. The quantitative estimate of drug-likeness (QED) is 0.386. The van der Waals surface area contributed by atoms with Crippen molar-refractivity contribution in [3.05, 3.63) is 76.2 Å². The van der Waals surface area contributed by atoms with E-state index in [1.807, 2.05) is 18.2 Å². The van der Waals surface area contributed by atoms with Crippen LogP contribution in [0.2, 0.25) is 0 Å². The summed E-state index contributed by atoms with van der Waals surface area (Å²) in [4.78, 5) is 30.9. The molecule has 4 rings (SSSR count). The van der Waals surface area contributed by atoms with Crippen LogP contribution in [0.3, 0.4) is 0 Å². The Bertz CT molecular complexity index is 1150. The molecule has 1 N–H and O–H groups in total. The lowest BCUT2D eigenvalue weighted by atomic mass is 9.93. The molecule has 39 heavy (non-hydrogen) atoms. The average molecular weight is 560 g/mol. The fourth-order valence-electron chi connectivity index (χ4n) is 5.17. The van der Waals surface area contributed by atoms with E-state index in [-0.39, 0.29) is 29.7 Å². The highest BCUT2D eigenvalue weighted by Crippen LogP contribution is 2.42. The van der Waals surface area contributed by atoms with Gasteiger partial charge in [0.15, 0.2) is 0 Å². The number of amides is 2. The first-order valence-electron chi connectivity index (χ1n) is 13.5. The van der Waals surface area contributed by atoms with Gasteiger partial charge in [-0.25, -0.2) is 0 Å². The molecule has 0 radical (unpaired) electrons. The van der Waals surface area contributed by atoms with Crippen molar-refractivity contribution in [2.45, 2.75) is 69.6 Å². The SMILES string of the molecule is CC(C)N(CCNC(=O)CN1C(=O)/C(=C/c2ccc(C(F)(F)F)cc2)SC2CCCCC21)Cc1ccccc1. The fraction of sp³-hybridized carbons (Fsp3) is 0.467. The average Bonchev–Trinajstić information content (AvgIpc) is 2.91. The smallest absolute Gasteiger partial charge is 0.353 e. The molecule has 1 aliphatic heterocycles. The van der Waals surface area contributed by atoms with Gasteiger partial charge in [0.25, 0.3) is 5.91 Å². The van der Waals surface area contributed by atoms with Crippen LogP contribution in [-0.2, 0) is 22.3 Å². The van der Waals surface area contributed by atoms with Gasteiger partial charge in [-0.1, -0.05) is 55.3 Å². The van der Waals surface area contributed by atoms with Gasteiger partial charge in [0.05, 0.1) is 10.5 Å². The molecule has 2 unspecified atom stereocenters. The Hall–Kier alpha value is -2.78. The molecule has 9 heteroatoms. The van der Waals surface area contributed by atoms with Gasteiger partial charge < -0.3 is 10.2 Å². The zero-order valence-corrected chi connectivity index (χ0v) is 23.2. The van der Waals surface area contributed by atoms with Crippen LogP contribution in [0.5, 0.6) is 0 Å². The van der Waals surface area contributed by atoms with Gasteiger partial charge >= 0.3 is 6.18 Å². The van der Waals surface area contributed by atoms with Crippen molar-refractivity contribution in [1.82, 2.24) is 15.1 Å². The van der Waals surface area contributed by atoms with E-state index in [9.17, 15) is 22.8 Å². The normalized spacial score (nSPS) is 20.9. The van der Waals surface area contributed by atoms with Crippen molar-refractivity contribution in [3.63, 3.8) is 0 Å². The lowest BCUT2D eigenvalue weighted by Gasteiger charge is -2.43. The van der Waals surface area contributed by atoms with Gasteiger partial charge in [-0.05, 0) is 56.0 Å². The van der Waals surface area contributed by atoms with E-state index in [0.717, 1.165) is 44.4 Å². The van der Waals surface area contributed by atoms with E-state index in [4.69, 9.17) is 0 Å². The molecule has 210 valence electrons. The number of hydrogen-bond acceptors (Lipinski definition) is 4. The van der Waals surface area contributed by atoms with Crippen LogP contribution >= 0.6 is 11.8 Å². The van der Waals surface area contributed by atoms with Gasteiger partial charge in [-0.15, -0.1) is 11.8 Å². The second kappa shape index (κ2) is 13.0. The number of fused-ring (bicyclic) bond motifs is 1. The van der Waals surface area contributed by atoms with Crippen LogP contribution in [0.4, 0.5) is 13.2 Å². The number of thioether (sulfide) groups is 1. The zero-order chi connectivity index (χ0) is 28.0. The Morgan fingerprint density at radius 1 is 1.10 bits per heavy atom. The predicted molar refractivity (Wildman–Crippen MR) is 150 cm³/mol. The lowest BCUT2D eigenvalue weighted by molar-refractivity contribution is -0.137. The minimum absolute atomic E-state index is 0.0167. The Morgan fingerprint density at radius 3 is 2.46 bits per heavy atom. The molecule has 2 atom stereocenters. The maximum absolute atomic E-state index is 13.5. The van der Waals surface area contributed by atoms with Crippen LogP contribution < -0.4 is 5.32 Å². The summed E-state index contributed by atoms with van der Waals surface area (Å²) < 4.78 is 38.8. The van der Waals surface area contributed by atoms with Gasteiger partial charge in [-0.2, -0.15) is 13.2 Å². The summed E-state index contributed by atoms with van der Waals surface area (Å²) >= 11 is 1.49. The molecule has 2 amide bonds. The molecule has 2 aromatic carbocycles. The number of nitrogens with one attached hydrogen (secondary N) is 1. The number of rotatable bonds is 9. The van der Waals surface area contributed by atoms with Gasteiger partial charge in [0.1, 0.15) is 6.54 Å². The second-order valence-electron chi connectivity index (χ2n) is 10.5. The Kier molecular flexibility index (Phi) is 9.77. The Balaban J connectivity index is 1.40. The molecule has 2 fully saturated rings. The molecule has 1 saturated carbocycles. The van der Waals surface area contributed by atoms with Crippen LogP contribution in [0.25, 0.3) is 6.08 Å². The first-order valence-corrected chi connectivity index (χ1v) is 14.4. The fourth-order valence-corrected chi connectivity index (χ4v) is 6.64. The number of alkyl halides is 3. The van der Waals surface area contributed by atoms with Gasteiger partial charge in [0, 0.05) is 37.0 Å². The number of hydrogen-bond donors (Lipinski definition) is 1. The maximum atomic E-state index is 13.5. The third-order valence-corrected chi connectivity index (χ3v) is 8.75. The summed E-state index contributed by atoms with van der Waals surface area (Å²) in [5, 5.41) is 3.17. The molecule has 0 aromatic heterocycles. The van der Waals surface area contributed by atoms with Gasteiger partial charge in [-0.3, -0.25) is 14.5 Å². The van der Waals surface area contributed by atoms with Crippen molar-refractivity contribution in [2.75, 3.05) is 19.6 Å². The largest absolute Gasteiger partial charge is 0.416 e. The van der Waals surface area contributed by atoms with Crippen molar-refractivity contribution in [3.8, 4) is 0 Å². The molecule has 1 saturated heterocycles. The monoisotopic (exact) mass is 559 g/mol.